The van der Waals surface area contributed by atoms with Crippen molar-refractivity contribution < 1.29 is 18.9 Å². The SMILES string of the molecule is CCC.CCC.COCC1OC(COC)C2OC12. The average molecular weight is 262 g/mol. The summed E-state index contributed by atoms with van der Waals surface area (Å²) in [6, 6.07) is 0. The van der Waals surface area contributed by atoms with Crippen molar-refractivity contribution in [3.05, 3.63) is 0 Å². The first-order chi connectivity index (χ1) is 8.69. The van der Waals surface area contributed by atoms with Crippen LogP contribution >= 0.6 is 0 Å². The molecule has 0 N–H and O–H groups in total. The van der Waals surface area contributed by atoms with Crippen LogP contribution in [-0.4, -0.2) is 51.8 Å². The minimum Gasteiger partial charge on any atom is -0.382 e. The second-order valence-corrected chi connectivity index (χ2v) is 4.60. The number of methoxy groups -OCH3 is 2. The smallest absolute Gasteiger partial charge is 0.115 e. The molecule has 2 fully saturated rings. The Balaban J connectivity index is 0.000000414. The van der Waals surface area contributed by atoms with Gasteiger partial charge in [0.05, 0.1) is 13.2 Å². The summed E-state index contributed by atoms with van der Waals surface area (Å²) in [4.78, 5) is 0. The molecular formula is C14H30O4. The van der Waals surface area contributed by atoms with Crippen molar-refractivity contribution in [1.29, 1.82) is 0 Å². The van der Waals surface area contributed by atoms with E-state index in [-0.39, 0.29) is 24.4 Å². The molecule has 2 rings (SSSR count). The molecule has 0 aliphatic carbocycles. The minimum absolute atomic E-state index is 0.111. The number of hydrogen-bond donors (Lipinski definition) is 0. The molecule has 2 saturated heterocycles. The largest absolute Gasteiger partial charge is 0.382 e. The van der Waals surface area contributed by atoms with E-state index < -0.39 is 0 Å². The molecule has 0 spiro atoms. The molecule has 4 atom stereocenters. The Kier molecular flexibility index (Phi) is 10.6. The molecule has 18 heavy (non-hydrogen) atoms. The van der Waals surface area contributed by atoms with Gasteiger partial charge in [-0.3, -0.25) is 0 Å². The van der Waals surface area contributed by atoms with Gasteiger partial charge < -0.3 is 18.9 Å². The van der Waals surface area contributed by atoms with E-state index >= 15 is 0 Å². The van der Waals surface area contributed by atoms with Crippen LogP contribution in [0.3, 0.4) is 0 Å². The minimum atomic E-state index is 0.111. The van der Waals surface area contributed by atoms with Crippen LogP contribution in [0.5, 0.6) is 0 Å². The van der Waals surface area contributed by atoms with Gasteiger partial charge in [-0.1, -0.05) is 40.5 Å². The lowest BCUT2D eigenvalue weighted by molar-refractivity contribution is -0.0810. The molecule has 4 nitrogen and oxygen atoms in total. The van der Waals surface area contributed by atoms with Gasteiger partial charge in [-0.05, 0) is 0 Å². The van der Waals surface area contributed by atoms with E-state index in [0.717, 1.165) is 0 Å². The Morgan fingerprint density at radius 2 is 1.06 bits per heavy atom. The van der Waals surface area contributed by atoms with Gasteiger partial charge in [-0.2, -0.15) is 0 Å². The zero-order chi connectivity index (χ0) is 14.0. The van der Waals surface area contributed by atoms with Crippen LogP contribution in [0.1, 0.15) is 40.5 Å². The first kappa shape index (κ1) is 17.8. The van der Waals surface area contributed by atoms with Crippen LogP contribution < -0.4 is 0 Å². The van der Waals surface area contributed by atoms with Crippen LogP contribution in [0.2, 0.25) is 0 Å². The quantitative estimate of drug-likeness (QED) is 0.730. The zero-order valence-corrected chi connectivity index (χ0v) is 12.8. The normalized spacial score (nSPS) is 31.7. The molecule has 2 aliphatic rings. The third-order valence-electron chi connectivity index (χ3n) is 2.31. The Labute approximate surface area is 112 Å². The molecule has 110 valence electrons. The molecule has 2 aliphatic heterocycles. The standard InChI is InChI=1S/C8H14O4.2C3H8/c1-9-3-5-7-8(12-7)6(11-5)4-10-2;2*1-3-2/h5-8H,3-4H2,1-2H3;2*3H2,1-2H3. The third-order valence-corrected chi connectivity index (χ3v) is 2.31. The molecule has 4 unspecified atom stereocenters. The lowest BCUT2D eigenvalue weighted by atomic mass is 10.2. The Bertz CT molecular complexity index is 169. The van der Waals surface area contributed by atoms with Crippen LogP contribution in [0.25, 0.3) is 0 Å². The van der Waals surface area contributed by atoms with Crippen molar-refractivity contribution in [2.75, 3.05) is 27.4 Å². The molecule has 0 amide bonds. The molecule has 2 heterocycles. The first-order valence-electron chi connectivity index (χ1n) is 6.98. The highest BCUT2D eigenvalue weighted by Gasteiger charge is 2.57. The zero-order valence-electron chi connectivity index (χ0n) is 12.8. The van der Waals surface area contributed by atoms with E-state index in [1.54, 1.807) is 14.2 Å². The van der Waals surface area contributed by atoms with Gasteiger partial charge in [0, 0.05) is 14.2 Å². The van der Waals surface area contributed by atoms with Crippen molar-refractivity contribution in [3.8, 4) is 0 Å². The van der Waals surface area contributed by atoms with E-state index in [0.29, 0.717) is 13.2 Å². The average Bonchev–Trinajstić information content (AvgIpc) is 3.04. The summed E-state index contributed by atoms with van der Waals surface area (Å²) in [6.07, 6.45) is 3.23. The fourth-order valence-electron chi connectivity index (χ4n) is 1.71. The number of ether oxygens (including phenoxy) is 4. The first-order valence-corrected chi connectivity index (χ1v) is 6.98. The Morgan fingerprint density at radius 3 is 1.33 bits per heavy atom. The van der Waals surface area contributed by atoms with E-state index in [4.69, 9.17) is 18.9 Å². The van der Waals surface area contributed by atoms with Crippen molar-refractivity contribution in [2.24, 2.45) is 0 Å². The maximum absolute atomic E-state index is 5.63. The predicted molar refractivity (Wildman–Crippen MR) is 73.0 cm³/mol. The maximum Gasteiger partial charge on any atom is 0.115 e. The lowest BCUT2D eigenvalue weighted by Gasteiger charge is -2.15. The van der Waals surface area contributed by atoms with Gasteiger partial charge in [0.15, 0.2) is 0 Å². The summed E-state index contributed by atoms with van der Waals surface area (Å²) in [6.45, 7) is 9.72. The Morgan fingerprint density at radius 1 is 0.722 bits per heavy atom. The second kappa shape index (κ2) is 10.7. The van der Waals surface area contributed by atoms with Gasteiger partial charge in [-0.15, -0.1) is 0 Å². The maximum atomic E-state index is 5.63. The van der Waals surface area contributed by atoms with Crippen molar-refractivity contribution in [1.82, 2.24) is 0 Å². The van der Waals surface area contributed by atoms with Gasteiger partial charge >= 0.3 is 0 Å². The Hall–Kier alpha value is -0.160. The number of hydrogen-bond acceptors (Lipinski definition) is 4. The highest BCUT2D eigenvalue weighted by molar-refractivity contribution is 5.03. The highest BCUT2D eigenvalue weighted by Crippen LogP contribution is 2.39. The number of fused-ring (bicyclic) bond motifs is 1. The molecule has 4 heteroatoms. The fraction of sp³-hybridized carbons (Fsp3) is 1.00. The molecule has 0 saturated carbocycles. The molecule has 0 aromatic heterocycles. The summed E-state index contributed by atoms with van der Waals surface area (Å²) in [7, 11) is 3.34. The third kappa shape index (κ3) is 6.14. The van der Waals surface area contributed by atoms with Crippen molar-refractivity contribution in [2.45, 2.75) is 65.0 Å². The number of rotatable bonds is 4. The summed E-state index contributed by atoms with van der Waals surface area (Å²) < 4.78 is 21.0. The topological polar surface area (TPSA) is 40.2 Å². The molecule has 0 aromatic rings. The summed E-state index contributed by atoms with van der Waals surface area (Å²) >= 11 is 0. The molecular weight excluding hydrogens is 232 g/mol. The van der Waals surface area contributed by atoms with Crippen LogP contribution in [0, 0.1) is 0 Å². The summed E-state index contributed by atoms with van der Waals surface area (Å²) in [5.41, 5.74) is 0. The predicted octanol–water partition coefficient (Wildman–Crippen LogP) is 2.65. The van der Waals surface area contributed by atoms with Crippen LogP contribution in [-0.2, 0) is 18.9 Å². The summed E-state index contributed by atoms with van der Waals surface area (Å²) in [5.74, 6) is 0. The van der Waals surface area contributed by atoms with Gasteiger partial charge in [-0.25, -0.2) is 0 Å². The highest BCUT2D eigenvalue weighted by atomic mass is 16.7. The van der Waals surface area contributed by atoms with Crippen LogP contribution in [0.4, 0.5) is 0 Å². The van der Waals surface area contributed by atoms with Crippen molar-refractivity contribution >= 4 is 0 Å². The van der Waals surface area contributed by atoms with Gasteiger partial charge in [0.1, 0.15) is 24.4 Å². The van der Waals surface area contributed by atoms with Crippen LogP contribution in [0.15, 0.2) is 0 Å². The number of epoxide rings is 1. The van der Waals surface area contributed by atoms with E-state index in [2.05, 4.69) is 27.7 Å². The second-order valence-electron chi connectivity index (χ2n) is 4.60. The molecule has 0 radical (unpaired) electrons. The van der Waals surface area contributed by atoms with E-state index in [1.165, 1.54) is 12.8 Å². The van der Waals surface area contributed by atoms with Crippen molar-refractivity contribution in [3.63, 3.8) is 0 Å². The van der Waals surface area contributed by atoms with E-state index in [1.807, 2.05) is 0 Å². The monoisotopic (exact) mass is 262 g/mol. The molecule has 0 bridgehead atoms. The van der Waals surface area contributed by atoms with Gasteiger partial charge in [0.25, 0.3) is 0 Å². The lowest BCUT2D eigenvalue weighted by Crippen LogP contribution is -2.26. The van der Waals surface area contributed by atoms with Gasteiger partial charge in [0.2, 0.25) is 0 Å². The molecule has 0 aromatic carbocycles. The fourth-order valence-corrected chi connectivity index (χ4v) is 1.71. The van der Waals surface area contributed by atoms with E-state index in [9.17, 15) is 0 Å². The summed E-state index contributed by atoms with van der Waals surface area (Å²) in [5, 5.41) is 0.